The van der Waals surface area contributed by atoms with Gasteiger partial charge in [-0.1, -0.05) is 38.3 Å². The van der Waals surface area contributed by atoms with Gasteiger partial charge in [0, 0.05) is 49.9 Å². The summed E-state index contributed by atoms with van der Waals surface area (Å²) in [6, 6.07) is -0.775. The molecule has 40 heavy (non-hydrogen) atoms. The van der Waals surface area contributed by atoms with E-state index in [9.17, 15) is 14.4 Å². The number of ether oxygens (including phenoxy) is 3. The number of esters is 2. The Bertz CT molecular complexity index is 1100. The average molecular weight is 559 g/mol. The predicted octanol–water partition coefficient (Wildman–Crippen LogP) is 4.20. The van der Waals surface area contributed by atoms with Gasteiger partial charge >= 0.3 is 18.0 Å². The molecule has 1 aromatic rings. The van der Waals surface area contributed by atoms with E-state index in [4.69, 9.17) is 19.9 Å². The van der Waals surface area contributed by atoms with Crippen molar-refractivity contribution in [3.05, 3.63) is 33.9 Å². The highest BCUT2D eigenvalue weighted by Crippen LogP contribution is 2.44. The van der Waals surface area contributed by atoms with Crippen molar-refractivity contribution in [1.29, 1.82) is 0 Å². The minimum absolute atomic E-state index is 0.132. The molecule has 2 amide bonds. The third-order valence-electron chi connectivity index (χ3n) is 7.84. The molecule has 1 unspecified atom stereocenters. The predicted molar refractivity (Wildman–Crippen MR) is 155 cm³/mol. The van der Waals surface area contributed by atoms with Gasteiger partial charge in [0.25, 0.3) is 0 Å². The molecule has 0 radical (unpaired) electrons. The van der Waals surface area contributed by atoms with Crippen molar-refractivity contribution in [1.82, 2.24) is 10.2 Å². The Hall–Kier alpha value is -3.11. The van der Waals surface area contributed by atoms with E-state index in [1.807, 2.05) is 26.8 Å². The molecule has 0 spiro atoms. The van der Waals surface area contributed by atoms with Crippen molar-refractivity contribution in [2.24, 2.45) is 5.73 Å². The number of nitrogens with two attached hydrogens (primary N) is 1. The van der Waals surface area contributed by atoms with Gasteiger partial charge in [-0.05, 0) is 45.1 Å². The van der Waals surface area contributed by atoms with Crippen LogP contribution in [0.2, 0.25) is 0 Å². The first-order chi connectivity index (χ1) is 19.2. The van der Waals surface area contributed by atoms with E-state index in [0.717, 1.165) is 62.3 Å². The summed E-state index contributed by atoms with van der Waals surface area (Å²) in [5, 5.41) is 3.26. The minimum atomic E-state index is -0.606. The molecule has 2 aliphatic rings. The number of nitrogens with one attached hydrogen (secondary N) is 1. The van der Waals surface area contributed by atoms with Crippen LogP contribution in [0.4, 0.5) is 10.5 Å². The maximum absolute atomic E-state index is 13.0. The molecule has 2 aliphatic heterocycles. The van der Waals surface area contributed by atoms with Crippen LogP contribution in [0, 0.1) is 6.92 Å². The number of amides is 2. The fraction of sp³-hybridized carbons (Fsp3) is 0.633. The summed E-state index contributed by atoms with van der Waals surface area (Å²) in [6.45, 7) is 12.0. The second kappa shape index (κ2) is 15.0. The fourth-order valence-electron chi connectivity index (χ4n) is 5.50. The molecule has 3 rings (SSSR count). The molecule has 2 heterocycles. The van der Waals surface area contributed by atoms with Crippen LogP contribution >= 0.6 is 0 Å². The van der Waals surface area contributed by atoms with Crippen LogP contribution in [0.5, 0.6) is 5.75 Å². The molecule has 0 bridgehead atoms. The number of allylic oxidation sites excluding steroid dienone is 2. The second-order valence-electron chi connectivity index (χ2n) is 10.6. The number of hydrogen-bond acceptors (Lipinski definition) is 8. The van der Waals surface area contributed by atoms with Gasteiger partial charge < -0.3 is 25.3 Å². The highest BCUT2D eigenvalue weighted by atomic mass is 16.5. The highest BCUT2D eigenvalue weighted by Gasteiger charge is 2.37. The largest absolute Gasteiger partial charge is 0.496 e. The van der Waals surface area contributed by atoms with Crippen molar-refractivity contribution in [3.8, 4) is 5.75 Å². The molecule has 10 heteroatoms. The summed E-state index contributed by atoms with van der Waals surface area (Å²) >= 11 is 0. The Morgan fingerprint density at radius 1 is 1.27 bits per heavy atom. The molecular weight excluding hydrogens is 512 g/mol. The lowest BCUT2D eigenvalue weighted by Gasteiger charge is -2.33. The van der Waals surface area contributed by atoms with E-state index < -0.39 is 12.0 Å². The molecular formula is C30H46N4O6. The molecule has 222 valence electrons. The maximum Gasteiger partial charge on any atom is 0.341 e. The molecule has 10 nitrogen and oxygen atoms in total. The number of primary amides is 1. The summed E-state index contributed by atoms with van der Waals surface area (Å²) < 4.78 is 16.7. The van der Waals surface area contributed by atoms with Crippen LogP contribution in [0.3, 0.4) is 0 Å². The zero-order valence-electron chi connectivity index (χ0n) is 24.8. The van der Waals surface area contributed by atoms with Crippen LogP contribution in [-0.4, -0.2) is 68.9 Å². The first-order valence-corrected chi connectivity index (χ1v) is 14.5. The van der Waals surface area contributed by atoms with Crippen molar-refractivity contribution >= 4 is 23.7 Å². The van der Waals surface area contributed by atoms with Crippen LogP contribution in [0.1, 0.15) is 86.3 Å². The number of carbonyl (C=O) groups is 3. The Morgan fingerprint density at radius 2 is 2.05 bits per heavy atom. The van der Waals surface area contributed by atoms with E-state index in [0.29, 0.717) is 48.4 Å². The van der Waals surface area contributed by atoms with E-state index in [2.05, 4.69) is 17.1 Å². The maximum atomic E-state index is 13.0. The lowest BCUT2D eigenvalue weighted by atomic mass is 9.91. The standard InChI is InChI=1S/C30H46N4O6/c1-6-8-9-22(7-2)34(30(31)37)27-23(28(38-5)21(4)24-18-40-29(36)26(24)27)12-10-20(3)11-13-25(35)39-17-16-33-15-14-32-19-33/h10,22,32H,6-9,11-19H2,1-5H3,(H2,31,37). The first-order valence-electron chi connectivity index (χ1n) is 14.5. The van der Waals surface area contributed by atoms with Gasteiger partial charge in [0.05, 0.1) is 18.4 Å². The lowest BCUT2D eigenvalue weighted by molar-refractivity contribution is -0.143. The van der Waals surface area contributed by atoms with E-state index >= 15 is 0 Å². The third-order valence-corrected chi connectivity index (χ3v) is 7.84. The van der Waals surface area contributed by atoms with E-state index in [-0.39, 0.29) is 25.0 Å². The van der Waals surface area contributed by atoms with Crippen molar-refractivity contribution < 1.29 is 28.6 Å². The number of urea groups is 1. The van der Waals surface area contributed by atoms with Gasteiger partial charge in [0.15, 0.2) is 0 Å². The number of anilines is 1. The number of rotatable bonds is 15. The Kier molecular flexibility index (Phi) is 11.8. The SMILES string of the molecule is CCCCC(CC)N(C(N)=O)c1c(CC=C(C)CCC(=O)OCCN2CCNC2)c(OC)c(C)c2c1C(=O)OC2. The Morgan fingerprint density at radius 3 is 2.67 bits per heavy atom. The topological polar surface area (TPSA) is 123 Å². The number of cyclic esters (lactones) is 1. The van der Waals surface area contributed by atoms with E-state index in [1.54, 1.807) is 12.0 Å². The zero-order chi connectivity index (χ0) is 29.2. The van der Waals surface area contributed by atoms with E-state index in [1.165, 1.54) is 0 Å². The van der Waals surface area contributed by atoms with Crippen LogP contribution in [0.15, 0.2) is 11.6 Å². The molecule has 1 fully saturated rings. The van der Waals surface area contributed by atoms with Gasteiger partial charge in [-0.15, -0.1) is 0 Å². The number of hydrogen-bond donors (Lipinski definition) is 2. The van der Waals surface area contributed by atoms with Crippen molar-refractivity contribution in [2.45, 2.75) is 85.3 Å². The fourth-order valence-corrected chi connectivity index (χ4v) is 5.50. The molecule has 1 saturated heterocycles. The molecule has 0 aliphatic carbocycles. The quantitative estimate of drug-likeness (QED) is 0.243. The molecule has 1 atom stereocenters. The number of fused-ring (bicyclic) bond motifs is 1. The number of carbonyl (C=O) groups excluding carboxylic acids is 3. The molecule has 1 aromatic carbocycles. The zero-order valence-corrected chi connectivity index (χ0v) is 24.8. The van der Waals surface area contributed by atoms with Crippen LogP contribution < -0.4 is 20.7 Å². The molecule has 3 N–H and O–H groups in total. The first kappa shape index (κ1) is 31.4. The summed E-state index contributed by atoms with van der Waals surface area (Å²) in [5.41, 5.74) is 10.1. The van der Waals surface area contributed by atoms with Crippen molar-refractivity contribution in [2.75, 3.05) is 44.9 Å². The minimum Gasteiger partial charge on any atom is -0.496 e. The Balaban J connectivity index is 1.86. The summed E-state index contributed by atoms with van der Waals surface area (Å²) in [5.74, 6) is -0.0684. The van der Waals surface area contributed by atoms with Gasteiger partial charge in [0.2, 0.25) is 0 Å². The second-order valence-corrected chi connectivity index (χ2v) is 10.6. The Labute approximate surface area is 238 Å². The average Bonchev–Trinajstić information content (AvgIpc) is 3.59. The number of nitrogens with zero attached hydrogens (tertiary/aromatic N) is 2. The highest BCUT2D eigenvalue weighted by molar-refractivity contribution is 6.06. The number of unbranched alkanes of at least 4 members (excludes halogenated alkanes) is 1. The number of benzene rings is 1. The molecule has 0 saturated carbocycles. The van der Waals surface area contributed by atoms with Gasteiger partial charge in [-0.3, -0.25) is 14.6 Å². The monoisotopic (exact) mass is 558 g/mol. The summed E-state index contributed by atoms with van der Waals surface area (Å²) in [4.78, 5) is 42.1. The normalized spacial score (nSPS) is 16.0. The van der Waals surface area contributed by atoms with Gasteiger partial charge in [-0.2, -0.15) is 0 Å². The van der Waals surface area contributed by atoms with Crippen LogP contribution in [-0.2, 0) is 27.3 Å². The van der Waals surface area contributed by atoms with Crippen LogP contribution in [0.25, 0.3) is 0 Å². The van der Waals surface area contributed by atoms with Crippen molar-refractivity contribution in [3.63, 3.8) is 0 Å². The molecule has 0 aromatic heterocycles. The lowest BCUT2D eigenvalue weighted by Crippen LogP contribution is -2.45. The summed E-state index contributed by atoms with van der Waals surface area (Å²) in [6.07, 6.45) is 6.60. The summed E-state index contributed by atoms with van der Waals surface area (Å²) in [7, 11) is 1.59. The third kappa shape index (κ3) is 7.54. The number of methoxy groups -OCH3 is 1. The smallest absolute Gasteiger partial charge is 0.341 e. The van der Waals surface area contributed by atoms with Gasteiger partial charge in [-0.25, -0.2) is 9.59 Å². The van der Waals surface area contributed by atoms with Gasteiger partial charge in [0.1, 0.15) is 19.0 Å².